The van der Waals surface area contributed by atoms with E-state index in [9.17, 15) is 10.2 Å². The molecule has 2 aromatic rings. The van der Waals surface area contributed by atoms with Crippen molar-refractivity contribution in [1.82, 2.24) is 10.1 Å². The van der Waals surface area contributed by atoms with Gasteiger partial charge in [0.1, 0.15) is 11.5 Å². The summed E-state index contributed by atoms with van der Waals surface area (Å²) in [5, 5.41) is 22.6. The SMILES string of the molecule is CN(C)c1noc(-c2cc(O)ccc2O)n1. The maximum atomic E-state index is 9.58. The third-order valence-electron chi connectivity index (χ3n) is 2.03. The van der Waals surface area contributed by atoms with Gasteiger partial charge < -0.3 is 19.6 Å². The summed E-state index contributed by atoms with van der Waals surface area (Å²) >= 11 is 0. The van der Waals surface area contributed by atoms with Crippen molar-refractivity contribution in [1.29, 1.82) is 0 Å². The zero-order chi connectivity index (χ0) is 11.7. The molecule has 84 valence electrons. The topological polar surface area (TPSA) is 82.6 Å². The molecule has 1 heterocycles. The number of nitrogens with zero attached hydrogens (tertiary/aromatic N) is 3. The van der Waals surface area contributed by atoms with Gasteiger partial charge in [0.25, 0.3) is 11.8 Å². The van der Waals surface area contributed by atoms with Gasteiger partial charge in [-0.25, -0.2) is 0 Å². The largest absolute Gasteiger partial charge is 0.508 e. The molecule has 0 atom stereocenters. The molecule has 0 fully saturated rings. The zero-order valence-corrected chi connectivity index (χ0v) is 8.88. The summed E-state index contributed by atoms with van der Waals surface area (Å²) in [6, 6.07) is 4.11. The van der Waals surface area contributed by atoms with Crippen LogP contribution in [0, 0.1) is 0 Å². The van der Waals surface area contributed by atoms with Crippen LogP contribution in [0.4, 0.5) is 5.95 Å². The Hall–Kier alpha value is -2.24. The Morgan fingerprint density at radius 2 is 2.00 bits per heavy atom. The molecule has 0 aliphatic heterocycles. The highest BCUT2D eigenvalue weighted by Gasteiger charge is 2.14. The van der Waals surface area contributed by atoms with Crippen molar-refractivity contribution in [2.24, 2.45) is 0 Å². The van der Waals surface area contributed by atoms with Gasteiger partial charge in [0.05, 0.1) is 5.56 Å². The molecule has 0 saturated heterocycles. The molecule has 0 amide bonds. The Balaban J connectivity index is 2.46. The van der Waals surface area contributed by atoms with E-state index in [-0.39, 0.29) is 17.4 Å². The van der Waals surface area contributed by atoms with Gasteiger partial charge >= 0.3 is 0 Å². The van der Waals surface area contributed by atoms with Gasteiger partial charge in [-0.3, -0.25) is 0 Å². The third kappa shape index (κ3) is 1.77. The lowest BCUT2D eigenvalue weighted by molar-refractivity contribution is 0.422. The van der Waals surface area contributed by atoms with Gasteiger partial charge in [0.2, 0.25) is 0 Å². The summed E-state index contributed by atoms with van der Waals surface area (Å²) in [6.07, 6.45) is 0. The summed E-state index contributed by atoms with van der Waals surface area (Å²) in [5.74, 6) is 0.569. The normalized spacial score (nSPS) is 10.4. The van der Waals surface area contributed by atoms with Gasteiger partial charge in [-0.15, -0.1) is 0 Å². The Morgan fingerprint density at radius 1 is 1.25 bits per heavy atom. The quantitative estimate of drug-likeness (QED) is 0.742. The number of anilines is 1. The van der Waals surface area contributed by atoms with Crippen molar-refractivity contribution < 1.29 is 14.7 Å². The zero-order valence-electron chi connectivity index (χ0n) is 8.88. The van der Waals surface area contributed by atoms with Crippen molar-refractivity contribution in [2.45, 2.75) is 0 Å². The molecule has 6 heteroatoms. The Morgan fingerprint density at radius 3 is 2.62 bits per heavy atom. The highest BCUT2D eigenvalue weighted by Crippen LogP contribution is 2.31. The Labute approximate surface area is 91.8 Å². The number of phenolic OH excluding ortho intramolecular Hbond substituents is 2. The van der Waals surface area contributed by atoms with E-state index in [2.05, 4.69) is 10.1 Å². The molecule has 0 saturated carbocycles. The van der Waals surface area contributed by atoms with Crippen LogP contribution in [0.15, 0.2) is 22.7 Å². The van der Waals surface area contributed by atoms with Crippen molar-refractivity contribution in [3.05, 3.63) is 18.2 Å². The molecular weight excluding hydrogens is 210 g/mol. The first-order valence-electron chi connectivity index (χ1n) is 4.61. The molecule has 1 aromatic carbocycles. The molecular formula is C10H11N3O3. The molecule has 6 nitrogen and oxygen atoms in total. The van der Waals surface area contributed by atoms with Gasteiger partial charge in [0, 0.05) is 14.1 Å². The van der Waals surface area contributed by atoms with Crippen molar-refractivity contribution in [3.63, 3.8) is 0 Å². The molecule has 16 heavy (non-hydrogen) atoms. The second kappa shape index (κ2) is 3.73. The average molecular weight is 221 g/mol. The van der Waals surface area contributed by atoms with E-state index < -0.39 is 0 Å². The number of rotatable bonds is 2. The van der Waals surface area contributed by atoms with Crippen LogP contribution in [0.3, 0.4) is 0 Å². The first kappa shape index (κ1) is 10.3. The second-order valence-corrected chi connectivity index (χ2v) is 3.50. The molecule has 2 rings (SSSR count). The fourth-order valence-corrected chi connectivity index (χ4v) is 1.20. The smallest absolute Gasteiger partial charge is 0.265 e. The minimum Gasteiger partial charge on any atom is -0.508 e. The van der Waals surface area contributed by atoms with Crippen molar-refractivity contribution in [2.75, 3.05) is 19.0 Å². The summed E-state index contributed by atoms with van der Waals surface area (Å²) < 4.78 is 4.97. The number of phenols is 2. The fourth-order valence-electron chi connectivity index (χ4n) is 1.20. The maximum Gasteiger partial charge on any atom is 0.265 e. The van der Waals surface area contributed by atoms with E-state index in [0.29, 0.717) is 11.5 Å². The molecule has 0 spiro atoms. The third-order valence-corrected chi connectivity index (χ3v) is 2.03. The first-order valence-corrected chi connectivity index (χ1v) is 4.61. The number of aromatic nitrogens is 2. The number of hydrogen-bond acceptors (Lipinski definition) is 6. The van der Waals surface area contributed by atoms with Gasteiger partial charge in [-0.05, 0) is 23.4 Å². The van der Waals surface area contributed by atoms with Crippen LogP contribution in [0.2, 0.25) is 0 Å². The lowest BCUT2D eigenvalue weighted by Crippen LogP contribution is -2.09. The van der Waals surface area contributed by atoms with E-state index in [4.69, 9.17) is 4.52 Å². The monoisotopic (exact) mass is 221 g/mol. The van der Waals surface area contributed by atoms with Crippen LogP contribution >= 0.6 is 0 Å². The first-order chi connectivity index (χ1) is 7.58. The van der Waals surface area contributed by atoms with Crippen LogP contribution < -0.4 is 4.90 Å². The standard InChI is InChI=1S/C10H11N3O3/c1-13(2)10-11-9(16-12-10)7-5-6(14)3-4-8(7)15/h3-5,14-15H,1-2H3. The Bertz CT molecular complexity index is 508. The van der Waals surface area contributed by atoms with E-state index in [1.807, 2.05) is 0 Å². The fraction of sp³-hybridized carbons (Fsp3) is 0.200. The minimum absolute atomic E-state index is 0.0215. The van der Waals surface area contributed by atoms with Crippen LogP contribution in [0.5, 0.6) is 11.5 Å². The minimum atomic E-state index is -0.0215. The molecule has 0 bridgehead atoms. The number of benzene rings is 1. The lowest BCUT2D eigenvalue weighted by atomic mass is 10.2. The van der Waals surface area contributed by atoms with E-state index in [1.165, 1.54) is 18.2 Å². The summed E-state index contributed by atoms with van der Waals surface area (Å²) in [4.78, 5) is 5.73. The predicted octanol–water partition coefficient (Wildman–Crippen LogP) is 1.21. The summed E-state index contributed by atoms with van der Waals surface area (Å²) in [7, 11) is 3.55. The molecule has 0 aliphatic carbocycles. The van der Waals surface area contributed by atoms with Crippen LogP contribution in [0.1, 0.15) is 0 Å². The molecule has 0 unspecified atom stereocenters. The highest BCUT2D eigenvalue weighted by molar-refractivity contribution is 5.64. The molecule has 0 aliphatic rings. The Kier molecular flexibility index (Phi) is 2.40. The van der Waals surface area contributed by atoms with Crippen LogP contribution in [-0.4, -0.2) is 34.4 Å². The maximum absolute atomic E-state index is 9.58. The van der Waals surface area contributed by atoms with E-state index in [0.717, 1.165) is 0 Å². The van der Waals surface area contributed by atoms with E-state index in [1.54, 1.807) is 19.0 Å². The van der Waals surface area contributed by atoms with Gasteiger partial charge in [-0.1, -0.05) is 0 Å². The van der Waals surface area contributed by atoms with Crippen molar-refractivity contribution >= 4 is 5.95 Å². The van der Waals surface area contributed by atoms with E-state index >= 15 is 0 Å². The van der Waals surface area contributed by atoms with Crippen molar-refractivity contribution in [3.8, 4) is 23.0 Å². The van der Waals surface area contributed by atoms with Crippen LogP contribution in [-0.2, 0) is 0 Å². The second-order valence-electron chi connectivity index (χ2n) is 3.50. The van der Waals surface area contributed by atoms with Gasteiger partial charge in [-0.2, -0.15) is 4.98 Å². The summed E-state index contributed by atoms with van der Waals surface area (Å²) in [6.45, 7) is 0. The molecule has 2 N–H and O–H groups in total. The average Bonchev–Trinajstić information content (AvgIpc) is 2.70. The molecule has 0 radical (unpaired) electrons. The predicted molar refractivity (Wildman–Crippen MR) is 57.4 cm³/mol. The highest BCUT2D eigenvalue weighted by atomic mass is 16.5. The molecule has 1 aromatic heterocycles. The number of hydrogen-bond donors (Lipinski definition) is 2. The van der Waals surface area contributed by atoms with Crippen LogP contribution in [0.25, 0.3) is 11.5 Å². The summed E-state index contributed by atoms with van der Waals surface area (Å²) in [5.41, 5.74) is 0.306. The lowest BCUT2D eigenvalue weighted by Gasteiger charge is -2.02. The number of aromatic hydroxyl groups is 2. The van der Waals surface area contributed by atoms with Gasteiger partial charge in [0.15, 0.2) is 0 Å².